The van der Waals surface area contributed by atoms with Gasteiger partial charge in [0.2, 0.25) is 5.91 Å². The largest absolute Gasteiger partial charge is 0.379 e. The lowest BCUT2D eigenvalue weighted by Gasteiger charge is -2.10. The van der Waals surface area contributed by atoms with E-state index in [9.17, 15) is 9.59 Å². The van der Waals surface area contributed by atoms with E-state index in [1.54, 1.807) is 10.6 Å². The molecule has 0 saturated carbocycles. The monoisotopic (exact) mass is 457 g/mol. The van der Waals surface area contributed by atoms with E-state index < -0.39 is 0 Å². The van der Waals surface area contributed by atoms with E-state index in [1.165, 1.54) is 23.1 Å². The number of thioether (sulfide) groups is 1. The van der Waals surface area contributed by atoms with Gasteiger partial charge in [0.25, 0.3) is 5.56 Å². The standard InChI is InChI=1S/C23H27N3O3S2/c1-4-12-26-22(28)18-14-19(17-9-6-5-7-10-17)31-21(18)25-23(26)30-15-20(27)24-11-8-13-29-16(2)3/h4-7,9-10,14,16H,1,8,11-13,15H2,2-3H3,(H,24,27). The molecule has 0 spiro atoms. The van der Waals surface area contributed by atoms with Gasteiger partial charge in [-0.1, -0.05) is 48.2 Å². The summed E-state index contributed by atoms with van der Waals surface area (Å²) in [4.78, 5) is 31.7. The maximum atomic E-state index is 13.1. The van der Waals surface area contributed by atoms with Gasteiger partial charge in [-0.15, -0.1) is 17.9 Å². The van der Waals surface area contributed by atoms with Crippen molar-refractivity contribution >= 4 is 39.2 Å². The summed E-state index contributed by atoms with van der Waals surface area (Å²) in [6.45, 7) is 9.24. The summed E-state index contributed by atoms with van der Waals surface area (Å²) < 4.78 is 7.05. The Bertz CT molecular complexity index is 1090. The lowest BCUT2D eigenvalue weighted by atomic mass is 10.2. The number of hydrogen-bond donors (Lipinski definition) is 1. The van der Waals surface area contributed by atoms with Crippen molar-refractivity contribution in [3.05, 3.63) is 59.4 Å². The molecule has 8 heteroatoms. The van der Waals surface area contributed by atoms with Gasteiger partial charge < -0.3 is 10.1 Å². The molecule has 1 N–H and O–H groups in total. The molecule has 0 atom stereocenters. The highest BCUT2D eigenvalue weighted by Crippen LogP contribution is 2.32. The summed E-state index contributed by atoms with van der Waals surface area (Å²) in [5.41, 5.74) is 0.937. The van der Waals surface area contributed by atoms with Crippen molar-refractivity contribution in [3.8, 4) is 10.4 Å². The summed E-state index contributed by atoms with van der Waals surface area (Å²) in [5.74, 6) is 0.0991. The van der Waals surface area contributed by atoms with Crippen molar-refractivity contribution in [1.29, 1.82) is 0 Å². The Morgan fingerprint density at radius 2 is 2.13 bits per heavy atom. The third kappa shape index (κ3) is 6.29. The Morgan fingerprint density at radius 3 is 2.84 bits per heavy atom. The number of rotatable bonds is 11. The molecule has 0 bridgehead atoms. The summed E-state index contributed by atoms with van der Waals surface area (Å²) in [5, 5.41) is 4.00. The third-order valence-corrected chi connectivity index (χ3v) is 6.47. The lowest BCUT2D eigenvalue weighted by Crippen LogP contribution is -2.28. The van der Waals surface area contributed by atoms with Crippen molar-refractivity contribution in [2.75, 3.05) is 18.9 Å². The number of thiophene rings is 1. The van der Waals surface area contributed by atoms with Crippen molar-refractivity contribution in [2.24, 2.45) is 0 Å². The van der Waals surface area contributed by atoms with E-state index in [-0.39, 0.29) is 23.3 Å². The zero-order valence-electron chi connectivity index (χ0n) is 17.8. The number of carbonyl (C=O) groups excluding carboxylic acids is 1. The zero-order chi connectivity index (χ0) is 22.2. The number of ether oxygens (including phenoxy) is 1. The van der Waals surface area contributed by atoms with Crippen LogP contribution in [-0.2, 0) is 16.1 Å². The molecular formula is C23H27N3O3S2. The van der Waals surface area contributed by atoms with Crippen LogP contribution in [0, 0.1) is 0 Å². The van der Waals surface area contributed by atoms with Crippen molar-refractivity contribution < 1.29 is 9.53 Å². The predicted octanol–water partition coefficient (Wildman–Crippen LogP) is 4.33. The first-order valence-corrected chi connectivity index (χ1v) is 12.0. The van der Waals surface area contributed by atoms with Gasteiger partial charge in [-0.05, 0) is 31.9 Å². The molecule has 2 heterocycles. The highest BCUT2D eigenvalue weighted by molar-refractivity contribution is 7.99. The Morgan fingerprint density at radius 1 is 1.35 bits per heavy atom. The van der Waals surface area contributed by atoms with E-state index in [1.807, 2.05) is 50.2 Å². The maximum absolute atomic E-state index is 13.1. The molecule has 0 aliphatic rings. The molecule has 1 amide bonds. The van der Waals surface area contributed by atoms with Crippen LogP contribution in [0.4, 0.5) is 0 Å². The second-order valence-electron chi connectivity index (χ2n) is 7.21. The van der Waals surface area contributed by atoms with Crippen molar-refractivity contribution in [1.82, 2.24) is 14.9 Å². The molecular weight excluding hydrogens is 430 g/mol. The average Bonchev–Trinajstić information content (AvgIpc) is 3.19. The van der Waals surface area contributed by atoms with Crippen LogP contribution in [0.3, 0.4) is 0 Å². The first kappa shape index (κ1) is 23.2. The van der Waals surface area contributed by atoms with Gasteiger partial charge in [-0.2, -0.15) is 0 Å². The van der Waals surface area contributed by atoms with Crippen LogP contribution in [0.2, 0.25) is 0 Å². The topological polar surface area (TPSA) is 73.2 Å². The Hall–Kier alpha value is -2.42. The van der Waals surface area contributed by atoms with Gasteiger partial charge in [0.15, 0.2) is 5.16 Å². The third-order valence-electron chi connectivity index (χ3n) is 4.41. The molecule has 0 aliphatic heterocycles. The van der Waals surface area contributed by atoms with Crippen LogP contribution in [0.15, 0.2) is 59.0 Å². The highest BCUT2D eigenvalue weighted by Gasteiger charge is 2.16. The molecule has 0 saturated heterocycles. The molecule has 0 radical (unpaired) electrons. The van der Waals surface area contributed by atoms with Crippen LogP contribution in [0.25, 0.3) is 20.7 Å². The number of aromatic nitrogens is 2. The first-order valence-electron chi connectivity index (χ1n) is 10.2. The number of fused-ring (bicyclic) bond motifs is 1. The van der Waals surface area contributed by atoms with E-state index in [4.69, 9.17) is 9.72 Å². The summed E-state index contributed by atoms with van der Waals surface area (Å²) >= 11 is 2.75. The Labute approximate surface area is 190 Å². The fourth-order valence-electron chi connectivity index (χ4n) is 2.94. The molecule has 1 aromatic carbocycles. The SMILES string of the molecule is C=CCn1c(SCC(=O)NCCCOC(C)C)nc2sc(-c3ccccc3)cc2c1=O. The lowest BCUT2D eigenvalue weighted by molar-refractivity contribution is -0.118. The van der Waals surface area contributed by atoms with Crippen LogP contribution >= 0.6 is 23.1 Å². The summed E-state index contributed by atoms with van der Waals surface area (Å²) in [6, 6.07) is 11.8. The van der Waals surface area contributed by atoms with Crippen molar-refractivity contribution in [3.63, 3.8) is 0 Å². The molecule has 3 aromatic rings. The Kier molecular flexibility index (Phi) is 8.45. The van der Waals surface area contributed by atoms with Gasteiger partial charge >= 0.3 is 0 Å². The molecule has 164 valence electrons. The zero-order valence-corrected chi connectivity index (χ0v) is 19.4. The molecule has 6 nitrogen and oxygen atoms in total. The van der Waals surface area contributed by atoms with E-state index in [0.29, 0.717) is 35.1 Å². The number of nitrogens with zero attached hydrogens (tertiary/aromatic N) is 2. The quantitative estimate of drug-likeness (QED) is 0.201. The number of nitrogens with one attached hydrogen (secondary N) is 1. The van der Waals surface area contributed by atoms with E-state index >= 15 is 0 Å². The van der Waals surface area contributed by atoms with Gasteiger partial charge in [0, 0.05) is 24.6 Å². The van der Waals surface area contributed by atoms with Gasteiger partial charge in [0.1, 0.15) is 4.83 Å². The molecule has 0 fully saturated rings. The molecule has 3 rings (SSSR count). The fourth-order valence-corrected chi connectivity index (χ4v) is 4.86. The molecule has 0 aliphatic carbocycles. The van der Waals surface area contributed by atoms with Crippen LogP contribution < -0.4 is 10.9 Å². The maximum Gasteiger partial charge on any atom is 0.263 e. The van der Waals surface area contributed by atoms with E-state index in [0.717, 1.165) is 16.9 Å². The molecule has 31 heavy (non-hydrogen) atoms. The average molecular weight is 458 g/mol. The molecule has 2 aromatic heterocycles. The second kappa shape index (κ2) is 11.3. The highest BCUT2D eigenvalue weighted by atomic mass is 32.2. The number of allylic oxidation sites excluding steroid dienone is 1. The Balaban J connectivity index is 1.73. The minimum Gasteiger partial charge on any atom is -0.379 e. The normalized spacial score (nSPS) is 11.2. The van der Waals surface area contributed by atoms with Crippen LogP contribution in [0.5, 0.6) is 0 Å². The van der Waals surface area contributed by atoms with Crippen LogP contribution in [-0.4, -0.2) is 40.5 Å². The van der Waals surface area contributed by atoms with Gasteiger partial charge in [-0.25, -0.2) is 4.98 Å². The number of carbonyl (C=O) groups is 1. The minimum absolute atomic E-state index is 0.0924. The van der Waals surface area contributed by atoms with Gasteiger partial charge in [-0.3, -0.25) is 14.2 Å². The minimum atomic E-state index is -0.114. The van der Waals surface area contributed by atoms with Gasteiger partial charge in [0.05, 0.1) is 17.2 Å². The summed E-state index contributed by atoms with van der Waals surface area (Å²) in [6.07, 6.45) is 2.61. The van der Waals surface area contributed by atoms with Crippen molar-refractivity contribution in [2.45, 2.75) is 38.1 Å². The fraction of sp³-hybridized carbons (Fsp3) is 0.348. The number of benzene rings is 1. The summed E-state index contributed by atoms with van der Waals surface area (Å²) in [7, 11) is 0. The first-order chi connectivity index (χ1) is 15.0. The van der Waals surface area contributed by atoms with Crippen LogP contribution in [0.1, 0.15) is 20.3 Å². The number of hydrogen-bond acceptors (Lipinski definition) is 6. The molecule has 0 unspecified atom stereocenters. The van der Waals surface area contributed by atoms with E-state index in [2.05, 4.69) is 11.9 Å². The second-order valence-corrected chi connectivity index (χ2v) is 9.18. The number of amides is 1. The predicted molar refractivity (Wildman–Crippen MR) is 129 cm³/mol. The smallest absolute Gasteiger partial charge is 0.263 e.